The number of hydrogen-bond acceptors (Lipinski definition) is 7. The fraction of sp³-hybridized carbons (Fsp3) is 0.500. The predicted octanol–water partition coefficient (Wildman–Crippen LogP) is 1.41. The Hall–Kier alpha value is -2.68. The summed E-state index contributed by atoms with van der Waals surface area (Å²) in [6.07, 6.45) is 2.31. The van der Waals surface area contributed by atoms with E-state index in [9.17, 15) is 10.1 Å². The van der Waals surface area contributed by atoms with Crippen molar-refractivity contribution in [3.63, 3.8) is 0 Å². The molecule has 1 aliphatic rings. The standard InChI is InChI=1S/C16H22N6O3/c1-25-15-5-3-14(4-6-15)20-11-9-19(10-12-20)7-2-8-21-13-17-16(18-21)22(23)24/h3-6,13H,2,7-12H2,1H3. The number of rotatable bonds is 7. The van der Waals surface area contributed by atoms with Crippen LogP contribution < -0.4 is 9.64 Å². The van der Waals surface area contributed by atoms with Gasteiger partial charge in [-0.3, -0.25) is 4.90 Å². The maximum Gasteiger partial charge on any atom is 0.490 e. The van der Waals surface area contributed by atoms with Gasteiger partial charge in [-0.05, 0) is 35.6 Å². The van der Waals surface area contributed by atoms with Crippen LogP contribution in [-0.2, 0) is 6.54 Å². The molecule has 2 aromatic rings. The van der Waals surface area contributed by atoms with E-state index in [0.29, 0.717) is 6.54 Å². The van der Waals surface area contributed by atoms with Crippen LogP contribution in [0.15, 0.2) is 30.6 Å². The van der Waals surface area contributed by atoms with Crippen molar-refractivity contribution in [2.45, 2.75) is 13.0 Å². The van der Waals surface area contributed by atoms with Gasteiger partial charge in [0.25, 0.3) is 0 Å². The first-order valence-corrected chi connectivity index (χ1v) is 8.31. The summed E-state index contributed by atoms with van der Waals surface area (Å²) >= 11 is 0. The lowest BCUT2D eigenvalue weighted by Gasteiger charge is -2.36. The number of aryl methyl sites for hydroxylation is 1. The molecule has 3 rings (SSSR count). The Labute approximate surface area is 146 Å². The molecule has 9 heteroatoms. The zero-order chi connectivity index (χ0) is 17.6. The van der Waals surface area contributed by atoms with Crippen LogP contribution in [0.4, 0.5) is 11.6 Å². The molecule has 0 bridgehead atoms. The first-order chi connectivity index (χ1) is 12.2. The number of hydrogen-bond donors (Lipinski definition) is 0. The van der Waals surface area contributed by atoms with Crippen LogP contribution in [0.25, 0.3) is 0 Å². The van der Waals surface area contributed by atoms with Crippen LogP contribution in [-0.4, -0.2) is 64.4 Å². The summed E-state index contributed by atoms with van der Waals surface area (Å²) in [4.78, 5) is 18.4. The van der Waals surface area contributed by atoms with E-state index in [0.717, 1.165) is 44.9 Å². The number of nitrogens with zero attached hydrogens (tertiary/aromatic N) is 6. The van der Waals surface area contributed by atoms with E-state index in [1.165, 1.54) is 16.7 Å². The van der Waals surface area contributed by atoms with E-state index in [2.05, 4.69) is 32.0 Å². The predicted molar refractivity (Wildman–Crippen MR) is 92.9 cm³/mol. The molecule has 0 unspecified atom stereocenters. The fourth-order valence-corrected chi connectivity index (χ4v) is 2.96. The van der Waals surface area contributed by atoms with Crippen LogP contribution >= 0.6 is 0 Å². The Balaban J connectivity index is 1.40. The topological polar surface area (TPSA) is 89.6 Å². The second-order valence-electron chi connectivity index (χ2n) is 5.95. The molecule has 0 radical (unpaired) electrons. The van der Waals surface area contributed by atoms with Crippen molar-refractivity contribution in [3.8, 4) is 5.75 Å². The van der Waals surface area contributed by atoms with Crippen LogP contribution in [0.5, 0.6) is 5.75 Å². The van der Waals surface area contributed by atoms with E-state index < -0.39 is 4.92 Å². The second kappa shape index (κ2) is 7.93. The second-order valence-corrected chi connectivity index (χ2v) is 5.95. The van der Waals surface area contributed by atoms with Gasteiger partial charge in [0, 0.05) is 43.5 Å². The third-order valence-corrected chi connectivity index (χ3v) is 4.36. The van der Waals surface area contributed by atoms with Crippen molar-refractivity contribution in [1.29, 1.82) is 0 Å². The highest BCUT2D eigenvalue weighted by molar-refractivity contribution is 5.49. The molecule has 0 saturated carbocycles. The van der Waals surface area contributed by atoms with Gasteiger partial charge >= 0.3 is 5.95 Å². The van der Waals surface area contributed by atoms with Gasteiger partial charge in [0.15, 0.2) is 0 Å². The Kier molecular flexibility index (Phi) is 5.44. The van der Waals surface area contributed by atoms with Gasteiger partial charge in [0.05, 0.1) is 13.7 Å². The summed E-state index contributed by atoms with van der Waals surface area (Å²) in [6, 6.07) is 8.15. The molecule has 25 heavy (non-hydrogen) atoms. The van der Waals surface area contributed by atoms with Crippen LogP contribution in [0.3, 0.4) is 0 Å². The minimum Gasteiger partial charge on any atom is -0.497 e. The molecule has 0 atom stereocenters. The Morgan fingerprint density at radius 1 is 1.16 bits per heavy atom. The Morgan fingerprint density at radius 2 is 1.88 bits per heavy atom. The van der Waals surface area contributed by atoms with Crippen molar-refractivity contribution in [3.05, 3.63) is 40.7 Å². The van der Waals surface area contributed by atoms with Crippen molar-refractivity contribution in [2.75, 3.05) is 44.7 Å². The van der Waals surface area contributed by atoms with Crippen LogP contribution in [0.2, 0.25) is 0 Å². The van der Waals surface area contributed by atoms with E-state index in [1.807, 2.05) is 12.1 Å². The summed E-state index contributed by atoms with van der Waals surface area (Å²) in [5, 5.41) is 14.4. The highest BCUT2D eigenvalue weighted by Gasteiger charge is 2.17. The number of methoxy groups -OCH3 is 1. The van der Waals surface area contributed by atoms with Gasteiger partial charge < -0.3 is 19.8 Å². The average molecular weight is 346 g/mol. The molecular formula is C16H22N6O3. The first-order valence-electron chi connectivity index (χ1n) is 8.31. The van der Waals surface area contributed by atoms with Crippen molar-refractivity contribution < 1.29 is 9.66 Å². The summed E-state index contributed by atoms with van der Waals surface area (Å²) < 4.78 is 6.73. The minimum atomic E-state index is -0.575. The lowest BCUT2D eigenvalue weighted by atomic mass is 10.2. The molecule has 0 aliphatic carbocycles. The smallest absolute Gasteiger partial charge is 0.490 e. The monoisotopic (exact) mass is 346 g/mol. The summed E-state index contributed by atoms with van der Waals surface area (Å²) in [5.41, 5.74) is 1.22. The molecule has 0 spiro atoms. The molecule has 0 N–H and O–H groups in total. The van der Waals surface area contributed by atoms with E-state index in [4.69, 9.17) is 4.74 Å². The molecule has 134 valence electrons. The SMILES string of the molecule is COc1ccc(N2CCN(CCCn3cnc([N+](=O)[O-])n3)CC2)cc1. The Bertz CT molecular complexity index is 694. The molecule has 9 nitrogen and oxygen atoms in total. The normalized spacial score (nSPS) is 15.3. The molecule has 1 aliphatic heterocycles. The number of piperazine rings is 1. The molecule has 1 fully saturated rings. The largest absolute Gasteiger partial charge is 0.497 e. The van der Waals surface area contributed by atoms with Crippen LogP contribution in [0.1, 0.15) is 6.42 Å². The third-order valence-electron chi connectivity index (χ3n) is 4.36. The van der Waals surface area contributed by atoms with Crippen molar-refractivity contribution in [1.82, 2.24) is 19.7 Å². The summed E-state index contributed by atoms with van der Waals surface area (Å²) in [7, 11) is 1.67. The molecule has 2 heterocycles. The van der Waals surface area contributed by atoms with Gasteiger partial charge in [-0.1, -0.05) is 4.98 Å². The van der Waals surface area contributed by atoms with Crippen LogP contribution in [0, 0.1) is 10.1 Å². The van der Waals surface area contributed by atoms with E-state index in [1.54, 1.807) is 7.11 Å². The zero-order valence-electron chi connectivity index (χ0n) is 14.2. The number of aromatic nitrogens is 3. The number of ether oxygens (including phenoxy) is 1. The highest BCUT2D eigenvalue weighted by atomic mass is 16.6. The van der Waals surface area contributed by atoms with Crippen molar-refractivity contribution >= 4 is 11.6 Å². The first kappa shape index (κ1) is 17.2. The molecule has 1 saturated heterocycles. The van der Waals surface area contributed by atoms with Crippen molar-refractivity contribution in [2.24, 2.45) is 0 Å². The minimum absolute atomic E-state index is 0.340. The van der Waals surface area contributed by atoms with Gasteiger partial charge in [-0.2, -0.15) is 4.68 Å². The lowest BCUT2D eigenvalue weighted by Crippen LogP contribution is -2.46. The van der Waals surface area contributed by atoms with E-state index >= 15 is 0 Å². The average Bonchev–Trinajstić information content (AvgIpc) is 3.12. The summed E-state index contributed by atoms with van der Waals surface area (Å²) in [6.45, 7) is 5.57. The maximum absolute atomic E-state index is 10.6. The molecular weight excluding hydrogens is 324 g/mol. The number of anilines is 1. The maximum atomic E-state index is 10.6. The molecule has 1 aromatic carbocycles. The molecule has 0 amide bonds. The van der Waals surface area contributed by atoms with Gasteiger partial charge in [0.2, 0.25) is 6.33 Å². The zero-order valence-corrected chi connectivity index (χ0v) is 14.2. The van der Waals surface area contributed by atoms with E-state index in [-0.39, 0.29) is 5.95 Å². The quantitative estimate of drug-likeness (QED) is 0.553. The number of nitro groups is 1. The van der Waals surface area contributed by atoms with Gasteiger partial charge in [0.1, 0.15) is 5.75 Å². The summed E-state index contributed by atoms with van der Waals surface area (Å²) in [5.74, 6) is 0.531. The number of benzene rings is 1. The fourth-order valence-electron chi connectivity index (χ4n) is 2.96. The van der Waals surface area contributed by atoms with Gasteiger partial charge in [-0.25, -0.2) is 0 Å². The van der Waals surface area contributed by atoms with Gasteiger partial charge in [-0.15, -0.1) is 0 Å². The highest BCUT2D eigenvalue weighted by Crippen LogP contribution is 2.20. The lowest BCUT2D eigenvalue weighted by molar-refractivity contribution is -0.394. The Morgan fingerprint density at radius 3 is 2.48 bits per heavy atom. The molecule has 1 aromatic heterocycles. The third kappa shape index (κ3) is 4.44.